The minimum atomic E-state index is -0.446. The number of nitrogen functional groups attached to an aromatic ring is 1. The first-order chi connectivity index (χ1) is 8.67. The van der Waals surface area contributed by atoms with Crippen molar-refractivity contribution in [3.63, 3.8) is 0 Å². The Kier molecular flexibility index (Phi) is 2.22. The molecule has 0 aliphatic carbocycles. The fourth-order valence-electron chi connectivity index (χ4n) is 1.76. The molecule has 3 aromatic rings. The molecule has 0 unspecified atom stereocenters. The van der Waals surface area contributed by atoms with Gasteiger partial charge in [0.2, 0.25) is 5.89 Å². The number of hydrogen-bond donors (Lipinski definition) is 2. The van der Waals surface area contributed by atoms with Gasteiger partial charge >= 0.3 is 5.95 Å². The Morgan fingerprint density at radius 3 is 2.94 bits per heavy atom. The number of nitrogens with one attached hydrogen (secondary N) is 1. The van der Waals surface area contributed by atoms with E-state index in [2.05, 4.69) is 9.97 Å². The van der Waals surface area contributed by atoms with Gasteiger partial charge in [-0.15, -0.1) is 0 Å². The van der Waals surface area contributed by atoms with Crippen LogP contribution in [-0.4, -0.2) is 17.1 Å². The maximum atomic E-state index is 13.3. The van der Waals surface area contributed by atoms with E-state index < -0.39 is 5.82 Å². The van der Waals surface area contributed by atoms with E-state index in [4.69, 9.17) is 14.9 Å². The van der Waals surface area contributed by atoms with Crippen molar-refractivity contribution in [1.82, 2.24) is 9.97 Å². The molecule has 5 nitrogen and oxygen atoms in total. The van der Waals surface area contributed by atoms with Gasteiger partial charge in [-0.05, 0) is 18.2 Å². The number of benzene rings is 1. The number of oxazole rings is 1. The first kappa shape index (κ1) is 10.6. The van der Waals surface area contributed by atoms with Crippen LogP contribution >= 0.6 is 0 Å². The minimum absolute atomic E-state index is 0.0980. The SMILES string of the molecule is COc1cnc(-c2cc3cc(F)c(N)cc3[nH]2)o1. The van der Waals surface area contributed by atoms with E-state index in [0.29, 0.717) is 22.9 Å². The molecule has 0 atom stereocenters. The monoisotopic (exact) mass is 247 g/mol. The fraction of sp³-hybridized carbons (Fsp3) is 0.0833. The lowest BCUT2D eigenvalue weighted by Crippen LogP contribution is -1.89. The van der Waals surface area contributed by atoms with E-state index in [9.17, 15) is 4.39 Å². The molecule has 0 aliphatic rings. The van der Waals surface area contributed by atoms with Crippen LogP contribution in [0.3, 0.4) is 0 Å². The summed E-state index contributed by atoms with van der Waals surface area (Å²) >= 11 is 0. The highest BCUT2D eigenvalue weighted by Gasteiger charge is 2.11. The van der Waals surface area contributed by atoms with Crippen LogP contribution < -0.4 is 10.5 Å². The molecule has 0 spiro atoms. The Morgan fingerprint density at radius 2 is 2.22 bits per heavy atom. The van der Waals surface area contributed by atoms with E-state index in [0.717, 1.165) is 5.52 Å². The summed E-state index contributed by atoms with van der Waals surface area (Å²) in [6.45, 7) is 0. The number of anilines is 1. The van der Waals surface area contributed by atoms with Gasteiger partial charge in [0.25, 0.3) is 0 Å². The van der Waals surface area contributed by atoms with Gasteiger partial charge in [-0.2, -0.15) is 0 Å². The van der Waals surface area contributed by atoms with E-state index in [1.54, 1.807) is 6.07 Å². The highest BCUT2D eigenvalue weighted by molar-refractivity contribution is 5.87. The predicted octanol–water partition coefficient (Wildman–Crippen LogP) is 2.55. The van der Waals surface area contributed by atoms with Crippen LogP contribution in [0, 0.1) is 5.82 Å². The molecule has 0 saturated heterocycles. The number of rotatable bonds is 2. The standard InChI is InChI=1S/C12H10FN3O2/c1-17-11-5-15-12(18-11)10-3-6-2-7(13)8(14)4-9(6)16-10/h2-5,16H,14H2,1H3. The molecule has 2 aromatic heterocycles. The third-order valence-corrected chi connectivity index (χ3v) is 2.65. The van der Waals surface area contributed by atoms with Gasteiger partial charge in [-0.25, -0.2) is 9.37 Å². The topological polar surface area (TPSA) is 77.1 Å². The van der Waals surface area contributed by atoms with Crippen molar-refractivity contribution in [2.45, 2.75) is 0 Å². The molecule has 6 heteroatoms. The third kappa shape index (κ3) is 1.58. The number of hydrogen-bond acceptors (Lipinski definition) is 4. The van der Waals surface area contributed by atoms with Crippen molar-refractivity contribution in [3.8, 4) is 17.5 Å². The summed E-state index contributed by atoms with van der Waals surface area (Å²) in [7, 11) is 1.49. The average molecular weight is 247 g/mol. The van der Waals surface area contributed by atoms with Crippen molar-refractivity contribution in [2.75, 3.05) is 12.8 Å². The number of nitrogens with two attached hydrogens (primary N) is 1. The summed E-state index contributed by atoms with van der Waals surface area (Å²) in [6.07, 6.45) is 1.47. The molecule has 1 aromatic carbocycles. The summed E-state index contributed by atoms with van der Waals surface area (Å²) in [5.74, 6) is 0.245. The molecule has 0 fully saturated rings. The lowest BCUT2D eigenvalue weighted by atomic mass is 10.2. The van der Waals surface area contributed by atoms with Gasteiger partial charge in [0, 0.05) is 10.9 Å². The van der Waals surface area contributed by atoms with Crippen molar-refractivity contribution >= 4 is 16.6 Å². The summed E-state index contributed by atoms with van der Waals surface area (Å²) in [5, 5.41) is 0.703. The van der Waals surface area contributed by atoms with Gasteiger partial charge in [0.1, 0.15) is 17.7 Å². The van der Waals surface area contributed by atoms with Crippen molar-refractivity contribution in [1.29, 1.82) is 0 Å². The number of aromatic nitrogens is 2. The first-order valence-corrected chi connectivity index (χ1v) is 5.25. The molecule has 0 radical (unpaired) electrons. The maximum Gasteiger partial charge on any atom is 0.305 e. The van der Waals surface area contributed by atoms with Crippen LogP contribution in [0.2, 0.25) is 0 Å². The molecule has 0 amide bonds. The number of methoxy groups -OCH3 is 1. The van der Waals surface area contributed by atoms with Gasteiger partial charge in [-0.3, -0.25) is 0 Å². The fourth-order valence-corrected chi connectivity index (χ4v) is 1.76. The first-order valence-electron chi connectivity index (χ1n) is 5.25. The normalized spacial score (nSPS) is 11.0. The number of nitrogens with zero attached hydrogens (tertiary/aromatic N) is 1. The molecule has 0 bridgehead atoms. The molecule has 3 N–H and O–H groups in total. The van der Waals surface area contributed by atoms with E-state index >= 15 is 0 Å². The Balaban J connectivity index is 2.13. The number of fused-ring (bicyclic) bond motifs is 1. The zero-order valence-corrected chi connectivity index (χ0v) is 9.53. The Morgan fingerprint density at radius 1 is 1.39 bits per heavy atom. The molecule has 0 aliphatic heterocycles. The second-order valence-corrected chi connectivity index (χ2v) is 3.83. The molecule has 92 valence electrons. The number of aromatic amines is 1. The van der Waals surface area contributed by atoms with E-state index in [1.807, 2.05) is 0 Å². The summed E-state index contributed by atoms with van der Waals surface area (Å²) in [4.78, 5) is 7.11. The highest BCUT2D eigenvalue weighted by atomic mass is 19.1. The van der Waals surface area contributed by atoms with Crippen LogP contribution in [0.15, 0.2) is 28.8 Å². The zero-order chi connectivity index (χ0) is 12.7. The number of halogens is 1. The Labute approximate surface area is 101 Å². The molecule has 0 saturated carbocycles. The molecular formula is C12H10FN3O2. The van der Waals surface area contributed by atoms with Crippen LogP contribution in [-0.2, 0) is 0 Å². The molecular weight excluding hydrogens is 237 g/mol. The minimum Gasteiger partial charge on any atom is -0.467 e. The molecule has 3 rings (SSSR count). The smallest absolute Gasteiger partial charge is 0.305 e. The quantitative estimate of drug-likeness (QED) is 0.682. The van der Waals surface area contributed by atoms with E-state index in [-0.39, 0.29) is 5.69 Å². The lowest BCUT2D eigenvalue weighted by molar-refractivity contribution is 0.308. The zero-order valence-electron chi connectivity index (χ0n) is 9.53. The summed E-state index contributed by atoms with van der Waals surface area (Å²) in [5.41, 5.74) is 6.96. The van der Waals surface area contributed by atoms with Crippen LogP contribution in [0.25, 0.3) is 22.5 Å². The van der Waals surface area contributed by atoms with Gasteiger partial charge < -0.3 is 19.9 Å². The van der Waals surface area contributed by atoms with Crippen LogP contribution in [0.5, 0.6) is 5.95 Å². The second-order valence-electron chi connectivity index (χ2n) is 3.83. The summed E-state index contributed by atoms with van der Waals surface area (Å²) in [6, 6.07) is 4.64. The molecule has 18 heavy (non-hydrogen) atoms. The van der Waals surface area contributed by atoms with Crippen molar-refractivity contribution in [3.05, 3.63) is 30.2 Å². The number of ether oxygens (including phenoxy) is 1. The van der Waals surface area contributed by atoms with Gasteiger partial charge in [-0.1, -0.05) is 0 Å². The Hall–Kier alpha value is -2.50. The van der Waals surface area contributed by atoms with Crippen LogP contribution in [0.1, 0.15) is 0 Å². The molecule has 2 heterocycles. The summed E-state index contributed by atoms with van der Waals surface area (Å²) < 4.78 is 23.5. The predicted molar refractivity (Wildman–Crippen MR) is 64.7 cm³/mol. The third-order valence-electron chi connectivity index (χ3n) is 2.65. The maximum absolute atomic E-state index is 13.3. The largest absolute Gasteiger partial charge is 0.467 e. The van der Waals surface area contributed by atoms with Gasteiger partial charge in [0.15, 0.2) is 0 Å². The highest BCUT2D eigenvalue weighted by Crippen LogP contribution is 2.28. The second kappa shape index (κ2) is 3.76. The van der Waals surface area contributed by atoms with Crippen molar-refractivity contribution < 1.29 is 13.5 Å². The average Bonchev–Trinajstić information content (AvgIpc) is 2.95. The van der Waals surface area contributed by atoms with Crippen LogP contribution in [0.4, 0.5) is 10.1 Å². The lowest BCUT2D eigenvalue weighted by Gasteiger charge is -1.95. The van der Waals surface area contributed by atoms with E-state index in [1.165, 1.54) is 25.4 Å². The number of H-pyrrole nitrogens is 1. The Bertz CT molecular complexity index is 678. The van der Waals surface area contributed by atoms with Gasteiger partial charge in [0.05, 0.1) is 12.8 Å². The van der Waals surface area contributed by atoms with Crippen molar-refractivity contribution in [2.24, 2.45) is 0 Å².